The molecule has 0 aliphatic rings. The highest BCUT2D eigenvalue weighted by atomic mass is 19.4. The van der Waals surface area contributed by atoms with Gasteiger partial charge in [-0.05, 0) is 6.92 Å². The average molecular weight is 333 g/mol. The second-order valence-corrected chi connectivity index (χ2v) is 3.66. The van der Waals surface area contributed by atoms with Crippen molar-refractivity contribution in [3.63, 3.8) is 0 Å². The maximum atomic E-state index is 12.8. The van der Waals surface area contributed by atoms with Crippen LogP contribution in [0.15, 0.2) is 6.07 Å². The smallest absolute Gasteiger partial charge is 0.494 e. The van der Waals surface area contributed by atoms with Gasteiger partial charge in [0.15, 0.2) is 11.4 Å². The molecule has 11 heteroatoms. The van der Waals surface area contributed by atoms with Crippen LogP contribution in [0.1, 0.15) is 23.0 Å². The van der Waals surface area contributed by atoms with Gasteiger partial charge in [-0.1, -0.05) is 0 Å². The lowest BCUT2D eigenvalue weighted by molar-refractivity contribution is -0.278. The quantitative estimate of drug-likeness (QED) is 0.626. The molecule has 1 aromatic heterocycles. The molecule has 5 nitrogen and oxygen atoms in total. The number of carbonyl (C=O) groups excluding carboxylic acids is 1. The van der Waals surface area contributed by atoms with Gasteiger partial charge in [0.2, 0.25) is 5.88 Å². The Hall–Kier alpha value is -2.20. The predicted molar refractivity (Wildman–Crippen MR) is 58.4 cm³/mol. The SMILES string of the molecule is CCOC(=O)c1nc(OC(F)(F)F)c(C(F)(F)F)cc1OC. The normalized spacial score (nSPS) is 12.0. The summed E-state index contributed by atoms with van der Waals surface area (Å²) in [7, 11) is 0.921. The Morgan fingerprint density at radius 1 is 1.23 bits per heavy atom. The van der Waals surface area contributed by atoms with Gasteiger partial charge < -0.3 is 14.2 Å². The summed E-state index contributed by atoms with van der Waals surface area (Å²) in [5, 5.41) is 0. The summed E-state index contributed by atoms with van der Waals surface area (Å²) in [4.78, 5) is 14.5. The topological polar surface area (TPSA) is 57.7 Å². The average Bonchev–Trinajstić information content (AvgIpc) is 2.35. The molecule has 0 saturated carbocycles. The van der Waals surface area contributed by atoms with Crippen LogP contribution in [0, 0.1) is 0 Å². The van der Waals surface area contributed by atoms with Crippen LogP contribution in [0.4, 0.5) is 26.3 Å². The zero-order valence-electron chi connectivity index (χ0n) is 11.1. The number of halogens is 6. The van der Waals surface area contributed by atoms with E-state index in [1.807, 2.05) is 0 Å². The summed E-state index contributed by atoms with van der Waals surface area (Å²) in [6.07, 6.45) is -10.6. The third kappa shape index (κ3) is 4.40. The van der Waals surface area contributed by atoms with Crippen LogP contribution in [-0.4, -0.2) is 31.0 Å². The van der Waals surface area contributed by atoms with E-state index in [9.17, 15) is 31.1 Å². The summed E-state index contributed by atoms with van der Waals surface area (Å²) in [5.74, 6) is -3.76. The van der Waals surface area contributed by atoms with Crippen LogP contribution >= 0.6 is 0 Å². The van der Waals surface area contributed by atoms with Crippen LogP contribution in [0.5, 0.6) is 11.6 Å². The number of hydrogen-bond donors (Lipinski definition) is 0. The lowest BCUT2D eigenvalue weighted by Crippen LogP contribution is -2.22. The molecular weight excluding hydrogens is 324 g/mol. The van der Waals surface area contributed by atoms with E-state index in [1.165, 1.54) is 6.92 Å². The van der Waals surface area contributed by atoms with Crippen molar-refractivity contribution in [1.29, 1.82) is 0 Å². The molecule has 0 bridgehead atoms. The number of esters is 1. The standard InChI is InChI=1S/C11H9F6NO4/c1-3-21-9(19)7-6(20-2)4-5(10(12,13)14)8(18-7)22-11(15,16)17/h4H,3H2,1-2H3. The van der Waals surface area contributed by atoms with E-state index in [2.05, 4.69) is 19.2 Å². The summed E-state index contributed by atoms with van der Waals surface area (Å²) in [6.45, 7) is 1.22. The molecule has 0 aliphatic heterocycles. The van der Waals surface area contributed by atoms with Gasteiger partial charge in [-0.3, -0.25) is 0 Å². The van der Waals surface area contributed by atoms with Crippen LogP contribution in [-0.2, 0) is 10.9 Å². The number of aromatic nitrogens is 1. The molecule has 0 saturated heterocycles. The number of pyridine rings is 1. The number of carbonyl (C=O) groups is 1. The Bertz CT molecular complexity index is 555. The summed E-state index contributed by atoms with van der Waals surface area (Å²) in [6, 6.07) is 0.181. The van der Waals surface area contributed by atoms with E-state index in [0.29, 0.717) is 0 Å². The van der Waals surface area contributed by atoms with E-state index >= 15 is 0 Å². The van der Waals surface area contributed by atoms with Crippen molar-refractivity contribution in [2.24, 2.45) is 0 Å². The number of ether oxygens (including phenoxy) is 3. The Morgan fingerprint density at radius 2 is 1.82 bits per heavy atom. The third-order valence-electron chi connectivity index (χ3n) is 2.16. The Balaban J connectivity index is 3.49. The number of hydrogen-bond acceptors (Lipinski definition) is 5. The fourth-order valence-electron chi connectivity index (χ4n) is 1.37. The van der Waals surface area contributed by atoms with Crippen molar-refractivity contribution in [3.8, 4) is 11.6 Å². The van der Waals surface area contributed by atoms with Gasteiger partial charge >= 0.3 is 18.5 Å². The molecule has 0 atom stereocenters. The monoisotopic (exact) mass is 333 g/mol. The second kappa shape index (κ2) is 6.28. The number of alkyl halides is 6. The molecule has 1 heterocycles. The zero-order chi connectivity index (χ0) is 17.1. The van der Waals surface area contributed by atoms with Crippen molar-refractivity contribution in [2.75, 3.05) is 13.7 Å². The lowest BCUT2D eigenvalue weighted by atomic mass is 10.2. The Kier molecular flexibility index (Phi) is 5.09. The third-order valence-corrected chi connectivity index (χ3v) is 2.16. The molecule has 0 unspecified atom stereocenters. The number of rotatable bonds is 4. The summed E-state index contributed by atoms with van der Waals surface area (Å²) >= 11 is 0. The van der Waals surface area contributed by atoms with Crippen molar-refractivity contribution in [3.05, 3.63) is 17.3 Å². The molecule has 0 aliphatic carbocycles. The molecular formula is C11H9F6NO4. The molecule has 0 fully saturated rings. The van der Waals surface area contributed by atoms with Gasteiger partial charge in [-0.25, -0.2) is 9.78 Å². The van der Waals surface area contributed by atoms with Crippen LogP contribution in [0.25, 0.3) is 0 Å². The summed E-state index contributed by atoms with van der Waals surface area (Å²) < 4.78 is 87.1. The fourth-order valence-corrected chi connectivity index (χ4v) is 1.37. The van der Waals surface area contributed by atoms with Gasteiger partial charge in [-0.15, -0.1) is 13.2 Å². The number of methoxy groups -OCH3 is 1. The number of nitrogens with zero attached hydrogens (tertiary/aromatic N) is 1. The van der Waals surface area contributed by atoms with Gasteiger partial charge in [0.05, 0.1) is 13.7 Å². The maximum absolute atomic E-state index is 12.8. The minimum atomic E-state index is -5.42. The minimum Gasteiger partial charge on any atom is -0.494 e. The highest BCUT2D eigenvalue weighted by molar-refractivity contribution is 5.90. The molecule has 0 aromatic carbocycles. The molecule has 0 N–H and O–H groups in total. The highest BCUT2D eigenvalue weighted by Gasteiger charge is 2.42. The molecule has 124 valence electrons. The first-order valence-corrected chi connectivity index (χ1v) is 5.58. The first-order chi connectivity index (χ1) is 9.99. The molecule has 1 rings (SSSR count). The van der Waals surface area contributed by atoms with Crippen molar-refractivity contribution in [2.45, 2.75) is 19.5 Å². The minimum absolute atomic E-state index is 0.167. The fraction of sp³-hybridized carbons (Fsp3) is 0.455. The van der Waals surface area contributed by atoms with Crippen LogP contribution < -0.4 is 9.47 Å². The van der Waals surface area contributed by atoms with Crippen molar-refractivity contribution in [1.82, 2.24) is 4.98 Å². The molecule has 22 heavy (non-hydrogen) atoms. The maximum Gasteiger partial charge on any atom is 0.574 e. The van der Waals surface area contributed by atoms with Crippen LogP contribution in [0.2, 0.25) is 0 Å². The lowest BCUT2D eigenvalue weighted by Gasteiger charge is -2.17. The first-order valence-electron chi connectivity index (χ1n) is 5.58. The van der Waals surface area contributed by atoms with Gasteiger partial charge in [0.25, 0.3) is 0 Å². The Labute approximate surface area is 119 Å². The van der Waals surface area contributed by atoms with Gasteiger partial charge in [0.1, 0.15) is 5.56 Å². The van der Waals surface area contributed by atoms with Crippen LogP contribution in [0.3, 0.4) is 0 Å². The highest BCUT2D eigenvalue weighted by Crippen LogP contribution is 2.40. The van der Waals surface area contributed by atoms with Gasteiger partial charge in [-0.2, -0.15) is 13.2 Å². The molecule has 0 spiro atoms. The van der Waals surface area contributed by atoms with Gasteiger partial charge in [0, 0.05) is 6.07 Å². The molecule has 0 radical (unpaired) electrons. The largest absolute Gasteiger partial charge is 0.574 e. The van der Waals surface area contributed by atoms with E-state index < -0.39 is 41.4 Å². The summed E-state index contributed by atoms with van der Waals surface area (Å²) in [5.41, 5.74) is -2.70. The molecule has 1 aromatic rings. The second-order valence-electron chi connectivity index (χ2n) is 3.66. The van der Waals surface area contributed by atoms with E-state index in [0.717, 1.165) is 7.11 Å². The first kappa shape index (κ1) is 17.9. The van der Waals surface area contributed by atoms with Crippen molar-refractivity contribution >= 4 is 5.97 Å². The van der Waals surface area contributed by atoms with E-state index in [1.54, 1.807) is 0 Å². The van der Waals surface area contributed by atoms with Crippen molar-refractivity contribution < 1.29 is 45.3 Å². The molecule has 0 amide bonds. The zero-order valence-corrected chi connectivity index (χ0v) is 11.1. The van der Waals surface area contributed by atoms with E-state index in [-0.39, 0.29) is 12.7 Å². The predicted octanol–water partition coefficient (Wildman–Crippen LogP) is 3.18. The Morgan fingerprint density at radius 3 is 2.23 bits per heavy atom. The van der Waals surface area contributed by atoms with E-state index in [4.69, 9.17) is 0 Å².